The van der Waals surface area contributed by atoms with E-state index in [0.717, 1.165) is 11.6 Å². The van der Waals surface area contributed by atoms with Crippen molar-refractivity contribution < 1.29 is 27.1 Å². The summed E-state index contributed by atoms with van der Waals surface area (Å²) in [5.41, 5.74) is -0.0294. The van der Waals surface area contributed by atoms with E-state index in [1.807, 2.05) is 13.8 Å². The van der Waals surface area contributed by atoms with Gasteiger partial charge >= 0.3 is 6.18 Å². The van der Waals surface area contributed by atoms with Crippen molar-refractivity contribution in [2.24, 2.45) is 0 Å². The van der Waals surface area contributed by atoms with E-state index >= 15 is 0 Å². The van der Waals surface area contributed by atoms with E-state index < -0.39 is 23.4 Å². The fourth-order valence-corrected chi connectivity index (χ4v) is 3.94. The van der Waals surface area contributed by atoms with Crippen LogP contribution in [0.1, 0.15) is 25.0 Å². The standard InChI is InChI=1S/C22H23ClF4N2O2/c1-14-11-29(15(2)10-28(14)12-16-6-8-17(24)9-7-16)20(30)13-31-19-5-3-4-18(21(19)23)22(25,26)27/h3-9,14-15H,10-13H2,1-2H3/t14-,15+/m1/s1. The molecule has 0 spiro atoms. The molecular formula is C22H23ClF4N2O2. The summed E-state index contributed by atoms with van der Waals surface area (Å²) in [6.45, 7) is 5.16. The quantitative estimate of drug-likeness (QED) is 0.591. The van der Waals surface area contributed by atoms with Gasteiger partial charge in [-0.25, -0.2) is 4.39 Å². The Balaban J connectivity index is 1.60. The number of halogens is 5. The first-order chi connectivity index (χ1) is 14.6. The van der Waals surface area contributed by atoms with Crippen LogP contribution in [0.4, 0.5) is 17.6 Å². The molecule has 2 aromatic rings. The van der Waals surface area contributed by atoms with Gasteiger partial charge in [0.15, 0.2) is 6.61 Å². The molecule has 2 aromatic carbocycles. The van der Waals surface area contributed by atoms with Crippen LogP contribution >= 0.6 is 11.6 Å². The van der Waals surface area contributed by atoms with Crippen molar-refractivity contribution in [1.82, 2.24) is 9.80 Å². The van der Waals surface area contributed by atoms with E-state index in [9.17, 15) is 22.4 Å². The Bertz CT molecular complexity index is 921. The molecule has 31 heavy (non-hydrogen) atoms. The molecular weight excluding hydrogens is 436 g/mol. The number of nitrogens with zero attached hydrogens (tertiary/aromatic N) is 2. The summed E-state index contributed by atoms with van der Waals surface area (Å²) in [6.07, 6.45) is -4.61. The normalized spacial score (nSPS) is 20.0. The number of hydrogen-bond donors (Lipinski definition) is 0. The van der Waals surface area contributed by atoms with E-state index in [1.54, 1.807) is 17.0 Å². The fourth-order valence-electron chi connectivity index (χ4n) is 3.65. The van der Waals surface area contributed by atoms with Crippen LogP contribution in [0.2, 0.25) is 5.02 Å². The van der Waals surface area contributed by atoms with Crippen LogP contribution < -0.4 is 4.74 Å². The first-order valence-electron chi connectivity index (χ1n) is 9.82. The summed E-state index contributed by atoms with van der Waals surface area (Å²) < 4.78 is 57.4. The summed E-state index contributed by atoms with van der Waals surface area (Å²) in [4.78, 5) is 16.6. The number of rotatable bonds is 5. The summed E-state index contributed by atoms with van der Waals surface area (Å²) in [6, 6.07) is 9.57. The Morgan fingerprint density at radius 2 is 1.77 bits per heavy atom. The molecule has 1 heterocycles. The first-order valence-corrected chi connectivity index (χ1v) is 10.2. The van der Waals surface area contributed by atoms with Gasteiger partial charge in [0, 0.05) is 31.7 Å². The van der Waals surface area contributed by atoms with Gasteiger partial charge in [-0.15, -0.1) is 0 Å². The molecule has 0 aliphatic carbocycles. The van der Waals surface area contributed by atoms with Crippen LogP contribution in [0.15, 0.2) is 42.5 Å². The number of benzene rings is 2. The number of hydrogen-bond acceptors (Lipinski definition) is 3. The lowest BCUT2D eigenvalue weighted by Crippen LogP contribution is -2.58. The second kappa shape index (κ2) is 9.44. The van der Waals surface area contributed by atoms with Crippen LogP contribution in [0, 0.1) is 5.82 Å². The average Bonchev–Trinajstić information content (AvgIpc) is 2.70. The summed E-state index contributed by atoms with van der Waals surface area (Å²) in [7, 11) is 0. The minimum absolute atomic E-state index is 0.0438. The van der Waals surface area contributed by atoms with Gasteiger partial charge in [-0.3, -0.25) is 9.69 Å². The van der Waals surface area contributed by atoms with E-state index in [2.05, 4.69) is 4.90 Å². The van der Waals surface area contributed by atoms with Crippen LogP contribution in [-0.4, -0.2) is 47.5 Å². The fraction of sp³-hybridized carbons (Fsp3) is 0.409. The predicted molar refractivity (Wildman–Crippen MR) is 109 cm³/mol. The highest BCUT2D eigenvalue weighted by Gasteiger charge is 2.35. The molecule has 168 valence electrons. The zero-order valence-electron chi connectivity index (χ0n) is 17.1. The van der Waals surface area contributed by atoms with Crippen molar-refractivity contribution in [2.45, 2.75) is 38.7 Å². The molecule has 0 N–H and O–H groups in total. The third-order valence-corrected chi connectivity index (χ3v) is 5.74. The maximum absolute atomic E-state index is 13.1. The van der Waals surface area contributed by atoms with Crippen LogP contribution in [0.5, 0.6) is 5.75 Å². The Morgan fingerprint density at radius 3 is 2.42 bits per heavy atom. The molecule has 1 aliphatic rings. The third-order valence-electron chi connectivity index (χ3n) is 5.35. The van der Waals surface area contributed by atoms with Gasteiger partial charge in [-0.1, -0.05) is 29.8 Å². The van der Waals surface area contributed by atoms with Gasteiger partial charge in [-0.05, 0) is 43.7 Å². The number of amides is 1. The number of ether oxygens (including phenoxy) is 1. The molecule has 2 atom stereocenters. The van der Waals surface area contributed by atoms with Gasteiger partial charge in [0.25, 0.3) is 5.91 Å². The van der Waals surface area contributed by atoms with Crippen molar-refractivity contribution in [1.29, 1.82) is 0 Å². The Morgan fingerprint density at radius 1 is 1.10 bits per heavy atom. The van der Waals surface area contributed by atoms with Crippen LogP contribution in [-0.2, 0) is 17.5 Å². The second-order valence-corrected chi connectivity index (χ2v) is 8.08. The Hall–Kier alpha value is -2.32. The molecule has 0 saturated carbocycles. The molecule has 0 aromatic heterocycles. The highest BCUT2D eigenvalue weighted by molar-refractivity contribution is 6.32. The number of carbonyl (C=O) groups excluding carboxylic acids is 1. The number of piperazine rings is 1. The average molecular weight is 459 g/mol. The molecule has 0 bridgehead atoms. The second-order valence-electron chi connectivity index (χ2n) is 7.70. The van der Waals surface area contributed by atoms with E-state index in [4.69, 9.17) is 16.3 Å². The summed E-state index contributed by atoms with van der Waals surface area (Å²) in [5.74, 6) is -0.795. The van der Waals surface area contributed by atoms with Crippen molar-refractivity contribution in [2.75, 3.05) is 19.7 Å². The van der Waals surface area contributed by atoms with Crippen molar-refractivity contribution in [3.8, 4) is 5.75 Å². The smallest absolute Gasteiger partial charge is 0.417 e. The zero-order chi connectivity index (χ0) is 22.8. The SMILES string of the molecule is C[C@@H]1CN(C(=O)COc2cccc(C(F)(F)F)c2Cl)[C@@H](C)CN1Cc1ccc(F)cc1. The lowest BCUT2D eigenvalue weighted by Gasteiger charge is -2.44. The monoisotopic (exact) mass is 458 g/mol. The van der Waals surface area contributed by atoms with Gasteiger partial charge in [0.2, 0.25) is 0 Å². The van der Waals surface area contributed by atoms with E-state index in [0.29, 0.717) is 19.6 Å². The summed E-state index contributed by atoms with van der Waals surface area (Å²) >= 11 is 5.82. The lowest BCUT2D eigenvalue weighted by molar-refractivity contribution is -0.139. The third kappa shape index (κ3) is 5.68. The Kier molecular flexibility index (Phi) is 7.11. The van der Waals surface area contributed by atoms with Gasteiger partial charge in [0.05, 0.1) is 10.6 Å². The van der Waals surface area contributed by atoms with Crippen molar-refractivity contribution in [3.05, 3.63) is 64.4 Å². The number of alkyl halides is 3. The topological polar surface area (TPSA) is 32.8 Å². The van der Waals surface area contributed by atoms with Crippen molar-refractivity contribution in [3.63, 3.8) is 0 Å². The van der Waals surface area contributed by atoms with Crippen LogP contribution in [0.25, 0.3) is 0 Å². The van der Waals surface area contributed by atoms with Gasteiger partial charge in [0.1, 0.15) is 11.6 Å². The van der Waals surface area contributed by atoms with Crippen molar-refractivity contribution >= 4 is 17.5 Å². The lowest BCUT2D eigenvalue weighted by atomic mass is 10.1. The van der Waals surface area contributed by atoms with Gasteiger partial charge in [-0.2, -0.15) is 13.2 Å². The number of carbonyl (C=O) groups is 1. The predicted octanol–water partition coefficient (Wildman–Crippen LogP) is 5.00. The van der Waals surface area contributed by atoms with Crippen LogP contribution in [0.3, 0.4) is 0 Å². The molecule has 0 radical (unpaired) electrons. The minimum Gasteiger partial charge on any atom is -0.482 e. The minimum atomic E-state index is -4.61. The largest absolute Gasteiger partial charge is 0.482 e. The zero-order valence-corrected chi connectivity index (χ0v) is 17.9. The maximum Gasteiger partial charge on any atom is 0.417 e. The molecule has 1 aliphatic heterocycles. The highest BCUT2D eigenvalue weighted by Crippen LogP contribution is 2.39. The maximum atomic E-state index is 13.1. The molecule has 9 heteroatoms. The molecule has 1 saturated heterocycles. The van der Waals surface area contributed by atoms with E-state index in [-0.39, 0.29) is 29.6 Å². The molecule has 0 unspecified atom stereocenters. The molecule has 1 fully saturated rings. The molecule has 4 nitrogen and oxygen atoms in total. The van der Waals surface area contributed by atoms with E-state index in [1.165, 1.54) is 24.3 Å². The Labute approximate surface area is 183 Å². The molecule has 3 rings (SSSR count). The first kappa shape index (κ1) is 23.3. The van der Waals surface area contributed by atoms with Gasteiger partial charge < -0.3 is 9.64 Å². The highest BCUT2D eigenvalue weighted by atomic mass is 35.5. The summed E-state index contributed by atoms with van der Waals surface area (Å²) in [5, 5.41) is -0.562. The molecule has 1 amide bonds.